The largest absolute Gasteiger partial charge is 0.496 e. The number of nitrogens with zero attached hydrogens (tertiary/aromatic N) is 3. The summed E-state index contributed by atoms with van der Waals surface area (Å²) in [5.41, 5.74) is 1.24. The van der Waals surface area contributed by atoms with E-state index in [4.69, 9.17) is 9.47 Å². The third-order valence-corrected chi connectivity index (χ3v) is 6.32. The van der Waals surface area contributed by atoms with E-state index in [0.717, 1.165) is 57.6 Å². The quantitative estimate of drug-likeness (QED) is 0.298. The second-order valence-electron chi connectivity index (χ2n) is 8.35. The lowest BCUT2D eigenvalue weighted by molar-refractivity contribution is -0.0174. The van der Waals surface area contributed by atoms with Crippen LogP contribution < -0.4 is 15.4 Å². The first-order valence-electron chi connectivity index (χ1n) is 11.3. The highest BCUT2D eigenvalue weighted by Gasteiger charge is 2.27. The Morgan fingerprint density at radius 2 is 1.90 bits per heavy atom. The van der Waals surface area contributed by atoms with Crippen LogP contribution in [0, 0.1) is 0 Å². The maximum Gasteiger partial charge on any atom is 0.191 e. The molecular formula is C23H40IN5O2. The van der Waals surface area contributed by atoms with Gasteiger partial charge < -0.3 is 20.1 Å². The fraction of sp³-hybridized carbons (Fsp3) is 0.696. The maximum atomic E-state index is 5.66. The third-order valence-electron chi connectivity index (χ3n) is 6.32. The van der Waals surface area contributed by atoms with Gasteiger partial charge in [0.05, 0.1) is 26.4 Å². The van der Waals surface area contributed by atoms with E-state index in [2.05, 4.69) is 57.5 Å². The maximum absolute atomic E-state index is 5.66. The van der Waals surface area contributed by atoms with E-state index in [9.17, 15) is 0 Å². The highest BCUT2D eigenvalue weighted by Crippen LogP contribution is 2.31. The number of rotatable bonds is 8. The number of benzene rings is 1. The molecule has 2 heterocycles. The van der Waals surface area contributed by atoms with Crippen molar-refractivity contribution in [2.45, 2.75) is 44.8 Å². The van der Waals surface area contributed by atoms with Crippen LogP contribution >= 0.6 is 24.0 Å². The summed E-state index contributed by atoms with van der Waals surface area (Å²) in [6.07, 6.45) is 2.52. The number of para-hydroxylation sites is 1. The molecule has 0 aliphatic carbocycles. The van der Waals surface area contributed by atoms with Crippen molar-refractivity contribution in [3.05, 3.63) is 29.8 Å². The minimum Gasteiger partial charge on any atom is -0.496 e. The number of halogens is 1. The predicted octanol–water partition coefficient (Wildman–Crippen LogP) is 2.72. The molecule has 0 bridgehead atoms. The van der Waals surface area contributed by atoms with E-state index in [0.29, 0.717) is 12.1 Å². The Balaban J connectivity index is 0.00000341. The third kappa shape index (κ3) is 7.20. The summed E-state index contributed by atoms with van der Waals surface area (Å²) >= 11 is 0. The lowest BCUT2D eigenvalue weighted by Gasteiger charge is -2.38. The molecule has 3 unspecified atom stereocenters. The Morgan fingerprint density at radius 3 is 2.58 bits per heavy atom. The van der Waals surface area contributed by atoms with Crippen molar-refractivity contribution in [3.63, 3.8) is 0 Å². The van der Waals surface area contributed by atoms with Gasteiger partial charge in [0.1, 0.15) is 5.75 Å². The van der Waals surface area contributed by atoms with Crippen LogP contribution in [-0.2, 0) is 4.74 Å². The molecule has 2 fully saturated rings. The smallest absolute Gasteiger partial charge is 0.191 e. The molecule has 0 amide bonds. The first-order chi connectivity index (χ1) is 14.6. The highest BCUT2D eigenvalue weighted by molar-refractivity contribution is 14.0. The summed E-state index contributed by atoms with van der Waals surface area (Å²) in [5, 5.41) is 7.08. The molecule has 3 atom stereocenters. The molecule has 0 radical (unpaired) electrons. The second-order valence-corrected chi connectivity index (χ2v) is 8.35. The molecular weight excluding hydrogens is 505 g/mol. The van der Waals surface area contributed by atoms with Gasteiger partial charge in [-0.15, -0.1) is 24.0 Å². The number of ether oxygens (including phenoxy) is 2. The number of guanidine groups is 1. The number of methoxy groups -OCH3 is 1. The molecule has 31 heavy (non-hydrogen) atoms. The fourth-order valence-corrected chi connectivity index (χ4v) is 4.60. The van der Waals surface area contributed by atoms with Gasteiger partial charge in [0.25, 0.3) is 0 Å². The molecule has 0 saturated carbocycles. The zero-order valence-electron chi connectivity index (χ0n) is 19.5. The summed E-state index contributed by atoms with van der Waals surface area (Å²) in [6, 6.07) is 9.50. The zero-order chi connectivity index (χ0) is 21.3. The second kappa shape index (κ2) is 13.4. The van der Waals surface area contributed by atoms with E-state index >= 15 is 0 Å². The van der Waals surface area contributed by atoms with Crippen molar-refractivity contribution < 1.29 is 9.47 Å². The van der Waals surface area contributed by atoms with Crippen molar-refractivity contribution in [1.29, 1.82) is 0 Å². The molecule has 2 aliphatic heterocycles. The molecule has 8 heteroatoms. The first-order valence-corrected chi connectivity index (χ1v) is 11.3. The van der Waals surface area contributed by atoms with Crippen molar-refractivity contribution in [1.82, 2.24) is 20.4 Å². The predicted molar refractivity (Wildman–Crippen MR) is 138 cm³/mol. The summed E-state index contributed by atoms with van der Waals surface area (Å²) < 4.78 is 11.2. The first kappa shape index (κ1) is 26.2. The standard InChI is InChI=1S/C23H39N5O2.HI/c1-18(28-13-14-30-17-19(28)2)15-25-23(24-3)26-16-21(27-11-7-8-12-27)20-9-5-6-10-22(20)29-4;/h5-6,9-10,18-19,21H,7-8,11-17H2,1-4H3,(H2,24,25,26);1H. The van der Waals surface area contributed by atoms with E-state index in [-0.39, 0.29) is 30.0 Å². The fourth-order valence-electron chi connectivity index (χ4n) is 4.60. The molecule has 2 aliphatic rings. The Bertz CT molecular complexity index is 684. The summed E-state index contributed by atoms with van der Waals surface area (Å²) in [7, 11) is 3.59. The van der Waals surface area contributed by atoms with Gasteiger partial charge in [-0.25, -0.2) is 0 Å². The number of aliphatic imine (C=N–C) groups is 1. The zero-order valence-corrected chi connectivity index (χ0v) is 21.8. The number of likely N-dealkylation sites (tertiary alicyclic amines) is 1. The molecule has 2 saturated heterocycles. The Labute approximate surface area is 205 Å². The van der Waals surface area contributed by atoms with Gasteiger partial charge in [0, 0.05) is 44.3 Å². The topological polar surface area (TPSA) is 61.4 Å². The van der Waals surface area contributed by atoms with Crippen LogP contribution in [0.1, 0.15) is 38.3 Å². The van der Waals surface area contributed by atoms with Gasteiger partial charge in [-0.05, 0) is 45.8 Å². The average molecular weight is 546 g/mol. The Morgan fingerprint density at radius 1 is 1.19 bits per heavy atom. The monoisotopic (exact) mass is 545 g/mol. The lowest BCUT2D eigenvalue weighted by Crippen LogP contribution is -2.53. The minimum absolute atomic E-state index is 0. The molecule has 176 valence electrons. The molecule has 1 aromatic carbocycles. The summed E-state index contributed by atoms with van der Waals surface area (Å²) in [5.74, 6) is 1.80. The van der Waals surface area contributed by atoms with Crippen molar-refractivity contribution in [2.24, 2.45) is 4.99 Å². The van der Waals surface area contributed by atoms with Crippen molar-refractivity contribution in [3.8, 4) is 5.75 Å². The van der Waals surface area contributed by atoms with Gasteiger partial charge >= 0.3 is 0 Å². The van der Waals surface area contributed by atoms with E-state index in [1.165, 1.54) is 18.4 Å². The Kier molecular flexibility index (Phi) is 11.3. The van der Waals surface area contributed by atoms with Crippen molar-refractivity contribution >= 4 is 29.9 Å². The molecule has 3 rings (SSSR count). The van der Waals surface area contributed by atoms with Crippen LogP contribution in [0.15, 0.2) is 29.3 Å². The van der Waals surface area contributed by atoms with Gasteiger partial charge in [-0.1, -0.05) is 18.2 Å². The minimum atomic E-state index is 0. The van der Waals surface area contributed by atoms with Gasteiger partial charge in [0.2, 0.25) is 0 Å². The van der Waals surface area contributed by atoms with Crippen LogP contribution in [0.3, 0.4) is 0 Å². The van der Waals surface area contributed by atoms with Crippen LogP contribution in [-0.4, -0.2) is 87.9 Å². The van der Waals surface area contributed by atoms with Crippen LogP contribution in [0.5, 0.6) is 5.75 Å². The molecule has 0 aromatic heterocycles. The number of hydrogen-bond acceptors (Lipinski definition) is 5. The van der Waals surface area contributed by atoms with Crippen molar-refractivity contribution in [2.75, 3.05) is 60.1 Å². The number of hydrogen-bond donors (Lipinski definition) is 2. The van der Waals surface area contributed by atoms with E-state index in [1.807, 2.05) is 13.1 Å². The van der Waals surface area contributed by atoms with Crippen LogP contribution in [0.2, 0.25) is 0 Å². The Hall–Kier alpha value is -1.10. The summed E-state index contributed by atoms with van der Waals surface area (Å²) in [4.78, 5) is 9.52. The van der Waals surface area contributed by atoms with Gasteiger partial charge in [-0.2, -0.15) is 0 Å². The number of nitrogens with one attached hydrogen (secondary N) is 2. The van der Waals surface area contributed by atoms with E-state index < -0.39 is 0 Å². The molecule has 7 nitrogen and oxygen atoms in total. The SMILES string of the molecule is CN=C(NCC(c1ccccc1OC)N1CCCC1)NCC(C)N1CCOCC1C.I. The number of morpholine rings is 1. The van der Waals surface area contributed by atoms with E-state index in [1.54, 1.807) is 7.11 Å². The normalized spacial score (nSPS) is 22.5. The van der Waals surface area contributed by atoms with Crippen LogP contribution in [0.4, 0.5) is 0 Å². The lowest BCUT2D eigenvalue weighted by atomic mass is 10.0. The van der Waals surface area contributed by atoms with Gasteiger partial charge in [-0.3, -0.25) is 14.8 Å². The summed E-state index contributed by atoms with van der Waals surface area (Å²) in [6.45, 7) is 11.0. The average Bonchev–Trinajstić information content (AvgIpc) is 3.31. The highest BCUT2D eigenvalue weighted by atomic mass is 127. The van der Waals surface area contributed by atoms with Crippen LogP contribution in [0.25, 0.3) is 0 Å². The van der Waals surface area contributed by atoms with Gasteiger partial charge in [0.15, 0.2) is 5.96 Å². The molecule has 1 aromatic rings. The molecule has 2 N–H and O–H groups in total. The molecule has 0 spiro atoms.